The van der Waals surface area contributed by atoms with Crippen molar-refractivity contribution >= 4 is 38.1 Å². The van der Waals surface area contributed by atoms with Crippen molar-refractivity contribution in [2.24, 2.45) is 0 Å². The van der Waals surface area contributed by atoms with Gasteiger partial charge in [-0.25, -0.2) is 17.2 Å². The van der Waals surface area contributed by atoms with Crippen LogP contribution in [-0.2, 0) is 10.0 Å². The molecule has 0 aliphatic carbocycles. The van der Waals surface area contributed by atoms with Crippen molar-refractivity contribution in [3.63, 3.8) is 0 Å². The Morgan fingerprint density at radius 3 is 2.38 bits per heavy atom. The van der Waals surface area contributed by atoms with Gasteiger partial charge >= 0.3 is 0 Å². The lowest BCUT2D eigenvalue weighted by Crippen LogP contribution is -2.15. The van der Waals surface area contributed by atoms with Gasteiger partial charge in [-0.2, -0.15) is 0 Å². The molecule has 0 fully saturated rings. The zero-order valence-corrected chi connectivity index (χ0v) is 13.5. The number of hydrogen-bond acceptors (Lipinski definition) is 3. The van der Waals surface area contributed by atoms with Crippen LogP contribution in [0.1, 0.15) is 0 Å². The summed E-state index contributed by atoms with van der Waals surface area (Å²) in [6, 6.07) is 9.73. The molecule has 0 atom stereocenters. The van der Waals surface area contributed by atoms with E-state index in [1.807, 2.05) is 0 Å². The highest BCUT2D eigenvalue weighted by atomic mass is 35.5. The first-order chi connectivity index (χ1) is 11.3. The van der Waals surface area contributed by atoms with Crippen molar-refractivity contribution in [2.45, 2.75) is 4.90 Å². The predicted octanol–water partition coefficient (Wildman–Crippen LogP) is 4.28. The number of anilines is 1. The minimum atomic E-state index is -4.39. The smallest absolute Gasteiger partial charge is 0.264 e. The standard InChI is InChI=1S/C16H10ClF2NO3S/c17-12-8-14(10-3-1-2-4-11(10)16(12)21)20-24(22,23)15-7-9(18)5-6-13(15)19/h1-8,20-21H. The maximum atomic E-state index is 13.8. The molecular formula is C16H10ClF2NO3S. The van der Waals surface area contributed by atoms with E-state index in [0.29, 0.717) is 16.8 Å². The average Bonchev–Trinajstić information content (AvgIpc) is 2.54. The quantitative estimate of drug-likeness (QED) is 0.677. The fourth-order valence-electron chi connectivity index (χ4n) is 2.29. The molecule has 0 spiro atoms. The van der Waals surface area contributed by atoms with Crippen LogP contribution in [0.4, 0.5) is 14.5 Å². The zero-order chi connectivity index (χ0) is 17.5. The first-order valence-corrected chi connectivity index (χ1v) is 8.54. The van der Waals surface area contributed by atoms with E-state index in [9.17, 15) is 22.3 Å². The zero-order valence-electron chi connectivity index (χ0n) is 11.9. The summed E-state index contributed by atoms with van der Waals surface area (Å²) in [7, 11) is -4.39. The second-order valence-electron chi connectivity index (χ2n) is 4.98. The third kappa shape index (κ3) is 2.88. The Kier molecular flexibility index (Phi) is 4.06. The van der Waals surface area contributed by atoms with Crippen LogP contribution in [0.25, 0.3) is 10.8 Å². The number of sulfonamides is 1. The molecule has 8 heteroatoms. The highest BCUT2D eigenvalue weighted by Gasteiger charge is 2.22. The van der Waals surface area contributed by atoms with Gasteiger partial charge in [-0.15, -0.1) is 0 Å². The van der Waals surface area contributed by atoms with E-state index < -0.39 is 26.6 Å². The Labute approximate surface area is 141 Å². The molecule has 0 bridgehead atoms. The van der Waals surface area contributed by atoms with Crippen LogP contribution in [0, 0.1) is 11.6 Å². The summed E-state index contributed by atoms with van der Waals surface area (Å²) in [6.07, 6.45) is 0. The summed E-state index contributed by atoms with van der Waals surface area (Å²) in [4.78, 5) is -0.823. The fraction of sp³-hybridized carbons (Fsp3) is 0. The predicted molar refractivity (Wildman–Crippen MR) is 87.8 cm³/mol. The summed E-state index contributed by atoms with van der Waals surface area (Å²) >= 11 is 5.91. The van der Waals surface area contributed by atoms with Gasteiger partial charge in [0.05, 0.1) is 10.7 Å². The third-order valence-corrected chi connectivity index (χ3v) is 5.07. The first-order valence-electron chi connectivity index (χ1n) is 6.67. The maximum absolute atomic E-state index is 13.8. The lowest BCUT2D eigenvalue weighted by Gasteiger charge is -2.13. The van der Waals surface area contributed by atoms with Crippen molar-refractivity contribution in [2.75, 3.05) is 4.72 Å². The second kappa shape index (κ2) is 5.92. The van der Waals surface area contributed by atoms with Gasteiger partial charge < -0.3 is 5.11 Å². The lowest BCUT2D eigenvalue weighted by atomic mass is 10.1. The number of rotatable bonds is 3. The van der Waals surface area contributed by atoms with Gasteiger partial charge in [-0.05, 0) is 24.3 Å². The number of hydrogen-bond donors (Lipinski definition) is 2. The highest BCUT2D eigenvalue weighted by molar-refractivity contribution is 7.92. The van der Waals surface area contributed by atoms with Crippen molar-refractivity contribution in [3.8, 4) is 5.75 Å². The molecule has 3 aromatic rings. The number of nitrogens with one attached hydrogen (secondary N) is 1. The van der Waals surface area contributed by atoms with Gasteiger partial charge in [0.2, 0.25) is 0 Å². The molecule has 0 heterocycles. The van der Waals surface area contributed by atoms with E-state index in [2.05, 4.69) is 4.72 Å². The summed E-state index contributed by atoms with van der Waals surface area (Å²) in [5.74, 6) is -2.17. The van der Waals surface area contributed by atoms with Gasteiger partial charge in [-0.3, -0.25) is 4.72 Å². The van der Waals surface area contributed by atoms with Crippen molar-refractivity contribution in [1.82, 2.24) is 0 Å². The minimum absolute atomic E-state index is 0.0389. The minimum Gasteiger partial charge on any atom is -0.506 e. The molecule has 0 saturated heterocycles. The SMILES string of the molecule is O=S(=O)(Nc1cc(Cl)c(O)c2ccccc12)c1cc(F)ccc1F. The van der Waals surface area contributed by atoms with Crippen LogP contribution >= 0.6 is 11.6 Å². The summed E-state index contributed by atoms with van der Waals surface area (Å²) in [5, 5.41) is 10.6. The number of benzene rings is 3. The average molecular weight is 370 g/mol. The highest BCUT2D eigenvalue weighted by Crippen LogP contribution is 2.38. The monoisotopic (exact) mass is 369 g/mol. The van der Waals surface area contributed by atoms with E-state index in [-0.39, 0.29) is 16.5 Å². The molecule has 0 amide bonds. The Morgan fingerprint density at radius 1 is 1.00 bits per heavy atom. The van der Waals surface area contributed by atoms with Crippen molar-refractivity contribution < 1.29 is 22.3 Å². The third-order valence-electron chi connectivity index (χ3n) is 3.40. The Bertz CT molecular complexity index is 1050. The topological polar surface area (TPSA) is 66.4 Å². The Balaban J connectivity index is 2.16. The first kappa shape index (κ1) is 16.5. The fourth-order valence-corrected chi connectivity index (χ4v) is 3.67. The van der Waals surface area contributed by atoms with E-state index in [0.717, 1.165) is 12.1 Å². The van der Waals surface area contributed by atoms with Gasteiger partial charge in [0.1, 0.15) is 22.3 Å². The number of fused-ring (bicyclic) bond motifs is 1. The molecular weight excluding hydrogens is 360 g/mol. The van der Waals surface area contributed by atoms with Crippen LogP contribution in [0.5, 0.6) is 5.75 Å². The van der Waals surface area contributed by atoms with E-state index in [1.165, 1.54) is 6.07 Å². The largest absolute Gasteiger partial charge is 0.506 e. The maximum Gasteiger partial charge on any atom is 0.264 e. The summed E-state index contributed by atoms with van der Waals surface area (Å²) < 4.78 is 54.0. The Hall–Kier alpha value is -2.38. The molecule has 0 radical (unpaired) electrons. The molecule has 0 unspecified atom stereocenters. The molecule has 0 aliphatic rings. The molecule has 4 nitrogen and oxygen atoms in total. The molecule has 0 saturated carbocycles. The van der Waals surface area contributed by atoms with Gasteiger partial charge in [0.15, 0.2) is 0 Å². The van der Waals surface area contributed by atoms with Gasteiger partial charge in [0.25, 0.3) is 10.0 Å². The Morgan fingerprint density at radius 2 is 1.67 bits per heavy atom. The van der Waals surface area contributed by atoms with Crippen LogP contribution in [-0.4, -0.2) is 13.5 Å². The number of phenolic OH excluding ortho intramolecular Hbond substituents is 1. The van der Waals surface area contributed by atoms with Crippen LogP contribution in [0.3, 0.4) is 0 Å². The molecule has 2 N–H and O–H groups in total. The van der Waals surface area contributed by atoms with Crippen LogP contribution < -0.4 is 4.72 Å². The molecule has 3 aromatic carbocycles. The number of phenols is 1. The van der Waals surface area contributed by atoms with Crippen LogP contribution in [0.15, 0.2) is 53.4 Å². The molecule has 3 rings (SSSR count). The lowest BCUT2D eigenvalue weighted by molar-refractivity contribution is 0.482. The van der Waals surface area contributed by atoms with Crippen molar-refractivity contribution in [1.29, 1.82) is 0 Å². The second-order valence-corrected chi connectivity index (χ2v) is 7.04. The molecule has 24 heavy (non-hydrogen) atoms. The molecule has 0 aliphatic heterocycles. The number of halogens is 3. The van der Waals surface area contributed by atoms with Crippen LogP contribution in [0.2, 0.25) is 5.02 Å². The van der Waals surface area contributed by atoms with Crippen molar-refractivity contribution in [3.05, 3.63) is 65.2 Å². The molecule has 0 aromatic heterocycles. The van der Waals surface area contributed by atoms with E-state index in [1.54, 1.807) is 24.3 Å². The summed E-state index contributed by atoms with van der Waals surface area (Å²) in [5.41, 5.74) is 0.0389. The summed E-state index contributed by atoms with van der Waals surface area (Å²) in [6.45, 7) is 0. The number of aromatic hydroxyl groups is 1. The van der Waals surface area contributed by atoms with E-state index in [4.69, 9.17) is 11.6 Å². The van der Waals surface area contributed by atoms with E-state index >= 15 is 0 Å². The van der Waals surface area contributed by atoms with Gasteiger partial charge in [-0.1, -0.05) is 35.9 Å². The normalized spacial score (nSPS) is 11.6. The molecule has 124 valence electrons. The van der Waals surface area contributed by atoms with Gasteiger partial charge in [0, 0.05) is 10.8 Å².